The van der Waals surface area contributed by atoms with Crippen LogP contribution in [0.25, 0.3) is 0 Å². The lowest BCUT2D eigenvalue weighted by Gasteiger charge is -2.45. The fraction of sp³-hybridized carbons (Fsp3) is 1.00. The summed E-state index contributed by atoms with van der Waals surface area (Å²) in [7, 11) is 2.22. The van der Waals surface area contributed by atoms with Crippen molar-refractivity contribution in [1.82, 2.24) is 9.80 Å². The van der Waals surface area contributed by atoms with E-state index in [0.717, 1.165) is 5.33 Å². The minimum atomic E-state index is 0.352. The number of hydrogen-bond donors (Lipinski definition) is 0. The molecule has 0 aliphatic carbocycles. The Morgan fingerprint density at radius 2 is 2.00 bits per heavy atom. The second kappa shape index (κ2) is 4.76. The first-order chi connectivity index (χ1) is 6.06. The molecule has 78 valence electrons. The molecule has 2 nitrogen and oxygen atoms in total. The van der Waals surface area contributed by atoms with Gasteiger partial charge in [-0.2, -0.15) is 0 Å². The topological polar surface area (TPSA) is 6.48 Å². The summed E-state index contributed by atoms with van der Waals surface area (Å²) in [5, 5.41) is 1.12. The van der Waals surface area contributed by atoms with Crippen molar-refractivity contribution in [3.8, 4) is 0 Å². The zero-order valence-corrected chi connectivity index (χ0v) is 10.6. The molecule has 0 radical (unpaired) electrons. The fourth-order valence-corrected chi connectivity index (χ4v) is 2.07. The minimum absolute atomic E-state index is 0.352. The molecule has 0 atom stereocenters. The molecular weight excluding hydrogens is 228 g/mol. The van der Waals surface area contributed by atoms with Crippen molar-refractivity contribution < 1.29 is 0 Å². The van der Waals surface area contributed by atoms with E-state index in [0.29, 0.717) is 5.54 Å². The van der Waals surface area contributed by atoms with Crippen LogP contribution < -0.4 is 0 Å². The van der Waals surface area contributed by atoms with E-state index in [9.17, 15) is 0 Å². The van der Waals surface area contributed by atoms with Gasteiger partial charge in [-0.05, 0) is 33.9 Å². The van der Waals surface area contributed by atoms with E-state index in [1.54, 1.807) is 0 Å². The highest BCUT2D eigenvalue weighted by atomic mass is 79.9. The van der Waals surface area contributed by atoms with Gasteiger partial charge in [0.1, 0.15) is 0 Å². The number of nitrogens with zero attached hydrogens (tertiary/aromatic N) is 2. The van der Waals surface area contributed by atoms with Crippen LogP contribution in [0.15, 0.2) is 0 Å². The highest BCUT2D eigenvalue weighted by molar-refractivity contribution is 9.09. The highest BCUT2D eigenvalue weighted by Crippen LogP contribution is 2.18. The molecule has 0 aromatic rings. The molecule has 0 N–H and O–H groups in total. The predicted octanol–water partition coefficient (Wildman–Crippen LogP) is 1.80. The van der Waals surface area contributed by atoms with Crippen LogP contribution >= 0.6 is 15.9 Å². The van der Waals surface area contributed by atoms with Gasteiger partial charge < -0.3 is 4.90 Å². The van der Waals surface area contributed by atoms with Gasteiger partial charge in [0.2, 0.25) is 0 Å². The monoisotopic (exact) mass is 248 g/mol. The first kappa shape index (κ1) is 11.5. The van der Waals surface area contributed by atoms with Crippen molar-refractivity contribution in [2.75, 3.05) is 38.6 Å². The summed E-state index contributed by atoms with van der Waals surface area (Å²) in [5.41, 5.74) is 0.352. The van der Waals surface area contributed by atoms with E-state index >= 15 is 0 Å². The summed E-state index contributed by atoms with van der Waals surface area (Å²) >= 11 is 3.48. The van der Waals surface area contributed by atoms with Gasteiger partial charge >= 0.3 is 0 Å². The van der Waals surface area contributed by atoms with Crippen LogP contribution in [0.5, 0.6) is 0 Å². The van der Waals surface area contributed by atoms with Crippen LogP contribution in [-0.4, -0.2) is 53.9 Å². The average molecular weight is 249 g/mol. The lowest BCUT2D eigenvalue weighted by molar-refractivity contribution is 0.0404. The maximum atomic E-state index is 3.48. The van der Waals surface area contributed by atoms with E-state index in [1.165, 1.54) is 32.6 Å². The Bertz CT molecular complexity index is 157. The van der Waals surface area contributed by atoms with Gasteiger partial charge in [0.05, 0.1) is 0 Å². The van der Waals surface area contributed by atoms with Crippen molar-refractivity contribution in [2.24, 2.45) is 0 Å². The van der Waals surface area contributed by atoms with Crippen molar-refractivity contribution in [3.63, 3.8) is 0 Å². The van der Waals surface area contributed by atoms with Gasteiger partial charge in [-0.1, -0.05) is 15.9 Å². The van der Waals surface area contributed by atoms with Gasteiger partial charge in [-0.25, -0.2) is 0 Å². The van der Waals surface area contributed by atoms with Crippen molar-refractivity contribution in [1.29, 1.82) is 0 Å². The van der Waals surface area contributed by atoms with Crippen molar-refractivity contribution in [2.45, 2.75) is 25.8 Å². The number of halogens is 1. The van der Waals surface area contributed by atoms with Crippen LogP contribution in [0.2, 0.25) is 0 Å². The number of alkyl halides is 1. The third-order valence-corrected chi connectivity index (χ3v) is 3.56. The Balaban J connectivity index is 2.37. The molecular formula is C10H21BrN2. The summed E-state index contributed by atoms with van der Waals surface area (Å²) in [5.74, 6) is 0. The Morgan fingerprint density at radius 3 is 2.54 bits per heavy atom. The summed E-state index contributed by atoms with van der Waals surface area (Å²) in [6, 6.07) is 0. The fourth-order valence-electron chi connectivity index (χ4n) is 1.82. The molecule has 0 aromatic carbocycles. The molecule has 0 amide bonds. The van der Waals surface area contributed by atoms with Crippen molar-refractivity contribution >= 4 is 15.9 Å². The van der Waals surface area contributed by atoms with Crippen LogP contribution in [0.3, 0.4) is 0 Å². The molecule has 1 saturated heterocycles. The lowest BCUT2D eigenvalue weighted by atomic mass is 10.00. The summed E-state index contributed by atoms with van der Waals surface area (Å²) < 4.78 is 0. The normalized spacial score (nSPS) is 24.9. The number of piperazine rings is 1. The molecule has 0 saturated carbocycles. The second-order valence-corrected chi connectivity index (χ2v) is 5.35. The van der Waals surface area contributed by atoms with Crippen LogP contribution in [0.1, 0.15) is 20.3 Å². The molecule has 0 unspecified atom stereocenters. The standard InChI is InChI=1S/C10H21BrN2/c1-10(2)9-13(6-4-5-11)8-7-12(10)3/h4-9H2,1-3H3. The van der Waals surface area contributed by atoms with Gasteiger partial charge in [-0.15, -0.1) is 0 Å². The Labute approximate surface area is 90.4 Å². The minimum Gasteiger partial charge on any atom is -0.300 e. The second-order valence-electron chi connectivity index (χ2n) is 4.55. The quantitative estimate of drug-likeness (QED) is 0.704. The largest absolute Gasteiger partial charge is 0.300 e. The third kappa shape index (κ3) is 3.22. The van der Waals surface area contributed by atoms with E-state index < -0.39 is 0 Å². The van der Waals surface area contributed by atoms with Gasteiger partial charge in [0.15, 0.2) is 0 Å². The van der Waals surface area contributed by atoms with E-state index in [4.69, 9.17) is 0 Å². The maximum Gasteiger partial charge on any atom is 0.0277 e. The smallest absolute Gasteiger partial charge is 0.0277 e. The van der Waals surface area contributed by atoms with E-state index in [-0.39, 0.29) is 0 Å². The van der Waals surface area contributed by atoms with Gasteiger partial charge in [0.25, 0.3) is 0 Å². The molecule has 0 bridgehead atoms. The summed E-state index contributed by atoms with van der Waals surface area (Å²) in [4.78, 5) is 5.03. The molecule has 3 heteroatoms. The Hall–Kier alpha value is 0.400. The molecule has 1 aliphatic rings. The summed E-state index contributed by atoms with van der Waals surface area (Å²) in [6.07, 6.45) is 1.26. The highest BCUT2D eigenvalue weighted by Gasteiger charge is 2.30. The summed E-state index contributed by atoms with van der Waals surface area (Å²) in [6.45, 7) is 9.53. The maximum absolute atomic E-state index is 3.48. The van der Waals surface area contributed by atoms with Crippen molar-refractivity contribution in [3.05, 3.63) is 0 Å². The molecule has 1 fully saturated rings. The number of likely N-dealkylation sites (N-methyl/N-ethyl adjacent to an activating group) is 1. The first-order valence-electron chi connectivity index (χ1n) is 5.06. The predicted molar refractivity (Wildman–Crippen MR) is 61.6 cm³/mol. The Morgan fingerprint density at radius 1 is 1.31 bits per heavy atom. The van der Waals surface area contributed by atoms with Gasteiger partial charge in [-0.3, -0.25) is 4.90 Å². The molecule has 0 aromatic heterocycles. The van der Waals surface area contributed by atoms with Crippen LogP contribution in [0.4, 0.5) is 0 Å². The molecule has 1 rings (SSSR count). The SMILES string of the molecule is CN1CCN(CCCBr)CC1(C)C. The van der Waals surface area contributed by atoms with Crippen LogP contribution in [0, 0.1) is 0 Å². The molecule has 1 heterocycles. The average Bonchev–Trinajstić information content (AvgIpc) is 2.07. The van der Waals surface area contributed by atoms with E-state index in [2.05, 4.69) is 46.6 Å². The number of rotatable bonds is 3. The van der Waals surface area contributed by atoms with Gasteiger partial charge in [0, 0.05) is 30.5 Å². The van der Waals surface area contributed by atoms with Crippen LogP contribution in [-0.2, 0) is 0 Å². The first-order valence-corrected chi connectivity index (χ1v) is 6.18. The third-order valence-electron chi connectivity index (χ3n) is 3.00. The molecule has 13 heavy (non-hydrogen) atoms. The lowest BCUT2D eigenvalue weighted by Crippen LogP contribution is -2.57. The molecule has 1 aliphatic heterocycles. The molecule has 0 spiro atoms. The van der Waals surface area contributed by atoms with E-state index in [1.807, 2.05) is 0 Å². The zero-order chi connectivity index (χ0) is 9.90. The number of hydrogen-bond acceptors (Lipinski definition) is 2. The zero-order valence-electron chi connectivity index (χ0n) is 9.02. The Kier molecular flexibility index (Phi) is 4.20.